The maximum Gasteiger partial charge on any atom is 0.319 e. The summed E-state index contributed by atoms with van der Waals surface area (Å²) in [4.78, 5) is 11.7. The first-order valence-corrected chi connectivity index (χ1v) is 6.22. The van der Waals surface area contributed by atoms with Crippen molar-refractivity contribution in [3.05, 3.63) is 59.7 Å². The van der Waals surface area contributed by atoms with Crippen LogP contribution in [0.4, 0.5) is 19.3 Å². The van der Waals surface area contributed by atoms with Crippen molar-refractivity contribution in [3.63, 3.8) is 0 Å². The van der Waals surface area contributed by atoms with E-state index in [9.17, 15) is 13.6 Å². The molecule has 6 heteroatoms. The van der Waals surface area contributed by atoms with Crippen LogP contribution in [0.3, 0.4) is 0 Å². The van der Waals surface area contributed by atoms with Gasteiger partial charge in [0.25, 0.3) is 0 Å². The first-order valence-electron chi connectivity index (χ1n) is 6.22. The fourth-order valence-corrected chi connectivity index (χ4v) is 1.78. The normalized spacial score (nSPS) is 10.0. The molecule has 110 valence electrons. The first kappa shape index (κ1) is 14.8. The van der Waals surface area contributed by atoms with Crippen molar-refractivity contribution < 1.29 is 18.3 Å². The lowest BCUT2D eigenvalue weighted by Gasteiger charge is -2.10. The van der Waals surface area contributed by atoms with Crippen molar-refractivity contribution in [1.82, 2.24) is 5.32 Å². The van der Waals surface area contributed by atoms with Gasteiger partial charge in [0.05, 0.1) is 7.11 Å². The fourth-order valence-electron chi connectivity index (χ4n) is 1.78. The van der Waals surface area contributed by atoms with Gasteiger partial charge in [0, 0.05) is 24.4 Å². The van der Waals surface area contributed by atoms with Crippen molar-refractivity contribution in [2.75, 3.05) is 12.4 Å². The lowest BCUT2D eigenvalue weighted by atomic mass is 10.2. The molecule has 0 aromatic heterocycles. The van der Waals surface area contributed by atoms with Gasteiger partial charge in [-0.15, -0.1) is 0 Å². The van der Waals surface area contributed by atoms with Gasteiger partial charge >= 0.3 is 6.03 Å². The van der Waals surface area contributed by atoms with Crippen LogP contribution in [0.25, 0.3) is 0 Å². The number of hydrogen-bond acceptors (Lipinski definition) is 2. The van der Waals surface area contributed by atoms with Gasteiger partial charge in [-0.1, -0.05) is 30.3 Å². The summed E-state index contributed by atoms with van der Waals surface area (Å²) in [5.41, 5.74) is 0.927. The van der Waals surface area contributed by atoms with Crippen LogP contribution in [0.2, 0.25) is 0 Å². The zero-order valence-corrected chi connectivity index (χ0v) is 11.3. The van der Waals surface area contributed by atoms with E-state index >= 15 is 0 Å². The summed E-state index contributed by atoms with van der Waals surface area (Å²) in [6.45, 7) is 0.313. The molecule has 2 N–H and O–H groups in total. The number of amides is 2. The second kappa shape index (κ2) is 6.69. The second-order valence-corrected chi connectivity index (χ2v) is 4.27. The monoisotopic (exact) mass is 292 g/mol. The van der Waals surface area contributed by atoms with Gasteiger partial charge in [-0.05, 0) is 5.56 Å². The molecular formula is C15H14F2N2O2. The molecule has 0 saturated heterocycles. The van der Waals surface area contributed by atoms with E-state index in [2.05, 4.69) is 15.4 Å². The van der Waals surface area contributed by atoms with Crippen LogP contribution >= 0.6 is 0 Å². The topological polar surface area (TPSA) is 50.4 Å². The van der Waals surface area contributed by atoms with Crippen molar-refractivity contribution in [1.29, 1.82) is 0 Å². The standard InChI is InChI=1S/C15H14F2N2O2/c1-21-14-12(16)7-11(8-13(14)17)19-15(20)18-9-10-5-3-2-4-6-10/h2-8H,9H2,1H3,(H2,18,19,20). The Labute approximate surface area is 120 Å². The van der Waals surface area contributed by atoms with E-state index in [0.717, 1.165) is 17.7 Å². The zero-order chi connectivity index (χ0) is 15.2. The van der Waals surface area contributed by atoms with Gasteiger partial charge in [0.2, 0.25) is 0 Å². The van der Waals surface area contributed by atoms with E-state index in [1.807, 2.05) is 30.3 Å². The number of rotatable bonds is 4. The van der Waals surface area contributed by atoms with E-state index in [-0.39, 0.29) is 5.69 Å². The Morgan fingerprint density at radius 2 is 1.76 bits per heavy atom. The van der Waals surface area contributed by atoms with Crippen molar-refractivity contribution in [2.24, 2.45) is 0 Å². The number of methoxy groups -OCH3 is 1. The Bertz CT molecular complexity index is 610. The highest BCUT2D eigenvalue weighted by atomic mass is 19.1. The maximum atomic E-state index is 13.5. The fraction of sp³-hybridized carbons (Fsp3) is 0.133. The Morgan fingerprint density at radius 1 is 1.14 bits per heavy atom. The maximum absolute atomic E-state index is 13.5. The third kappa shape index (κ3) is 3.92. The Balaban J connectivity index is 1.97. The van der Waals surface area contributed by atoms with E-state index in [1.165, 1.54) is 7.11 Å². The van der Waals surface area contributed by atoms with Crippen LogP contribution in [-0.2, 0) is 6.54 Å². The number of carbonyl (C=O) groups is 1. The summed E-state index contributed by atoms with van der Waals surface area (Å²) in [5, 5.41) is 4.95. The highest BCUT2D eigenvalue weighted by molar-refractivity contribution is 5.89. The molecule has 0 aliphatic rings. The van der Waals surface area contributed by atoms with Crippen LogP contribution in [0.5, 0.6) is 5.75 Å². The molecular weight excluding hydrogens is 278 g/mol. The summed E-state index contributed by atoms with van der Waals surface area (Å²) < 4.78 is 31.5. The van der Waals surface area contributed by atoms with Gasteiger partial charge in [-0.25, -0.2) is 13.6 Å². The predicted molar refractivity (Wildman–Crippen MR) is 75.2 cm³/mol. The molecule has 0 bridgehead atoms. The molecule has 4 nitrogen and oxygen atoms in total. The molecule has 21 heavy (non-hydrogen) atoms. The smallest absolute Gasteiger partial charge is 0.319 e. The highest BCUT2D eigenvalue weighted by Crippen LogP contribution is 2.25. The quantitative estimate of drug-likeness (QED) is 0.908. The van der Waals surface area contributed by atoms with Crippen molar-refractivity contribution in [2.45, 2.75) is 6.54 Å². The molecule has 2 amide bonds. The molecule has 0 unspecified atom stereocenters. The van der Waals surface area contributed by atoms with Crippen molar-refractivity contribution in [3.8, 4) is 5.75 Å². The number of hydrogen-bond donors (Lipinski definition) is 2. The van der Waals surface area contributed by atoms with Crippen molar-refractivity contribution >= 4 is 11.7 Å². The minimum atomic E-state index is -0.879. The largest absolute Gasteiger partial charge is 0.491 e. The lowest BCUT2D eigenvalue weighted by Crippen LogP contribution is -2.28. The van der Waals surface area contributed by atoms with Crippen LogP contribution in [-0.4, -0.2) is 13.1 Å². The molecule has 0 fully saturated rings. The Kier molecular flexibility index (Phi) is 4.71. The molecule has 0 spiro atoms. The Morgan fingerprint density at radius 3 is 2.33 bits per heavy atom. The molecule has 2 rings (SSSR count). The average Bonchev–Trinajstić information content (AvgIpc) is 2.46. The molecule has 2 aromatic rings. The molecule has 0 aliphatic heterocycles. The van der Waals surface area contributed by atoms with Gasteiger partial charge in [-0.2, -0.15) is 0 Å². The SMILES string of the molecule is COc1c(F)cc(NC(=O)NCc2ccccc2)cc1F. The number of carbonyl (C=O) groups excluding carboxylic acids is 1. The summed E-state index contributed by atoms with van der Waals surface area (Å²) >= 11 is 0. The molecule has 0 aliphatic carbocycles. The van der Waals surface area contributed by atoms with Crippen LogP contribution in [0, 0.1) is 11.6 Å². The van der Waals surface area contributed by atoms with Gasteiger partial charge in [0.1, 0.15) is 0 Å². The number of anilines is 1. The number of ether oxygens (including phenoxy) is 1. The molecule has 0 atom stereocenters. The minimum absolute atomic E-state index is 0.0105. The van der Waals surface area contributed by atoms with Gasteiger partial charge in [0.15, 0.2) is 17.4 Å². The van der Waals surface area contributed by atoms with E-state index in [0.29, 0.717) is 6.54 Å². The molecule has 0 radical (unpaired) electrons. The van der Waals surface area contributed by atoms with Crippen LogP contribution in [0.15, 0.2) is 42.5 Å². The number of benzene rings is 2. The average molecular weight is 292 g/mol. The Hall–Kier alpha value is -2.63. The van der Waals surface area contributed by atoms with Gasteiger partial charge < -0.3 is 15.4 Å². The van der Waals surface area contributed by atoms with Crippen LogP contribution < -0.4 is 15.4 Å². The third-order valence-corrected chi connectivity index (χ3v) is 2.76. The highest BCUT2D eigenvalue weighted by Gasteiger charge is 2.12. The summed E-state index contributed by atoms with van der Waals surface area (Å²) in [7, 11) is 1.17. The number of halogens is 2. The summed E-state index contributed by atoms with van der Waals surface area (Å²) in [5.74, 6) is -2.24. The minimum Gasteiger partial charge on any atom is -0.491 e. The summed E-state index contributed by atoms with van der Waals surface area (Å²) in [6.07, 6.45) is 0. The lowest BCUT2D eigenvalue weighted by molar-refractivity contribution is 0.251. The van der Waals surface area contributed by atoms with Gasteiger partial charge in [-0.3, -0.25) is 0 Å². The molecule has 2 aromatic carbocycles. The third-order valence-electron chi connectivity index (χ3n) is 2.76. The van der Waals surface area contributed by atoms with E-state index < -0.39 is 23.4 Å². The molecule has 0 saturated carbocycles. The zero-order valence-electron chi connectivity index (χ0n) is 11.3. The van der Waals surface area contributed by atoms with E-state index in [1.54, 1.807) is 0 Å². The first-order chi connectivity index (χ1) is 10.1. The molecule has 0 heterocycles. The number of nitrogens with one attached hydrogen (secondary N) is 2. The summed E-state index contributed by atoms with van der Waals surface area (Å²) in [6, 6.07) is 10.7. The second-order valence-electron chi connectivity index (χ2n) is 4.27. The predicted octanol–water partition coefficient (Wildman–Crippen LogP) is 3.30. The van der Waals surface area contributed by atoms with E-state index in [4.69, 9.17) is 0 Å². The van der Waals surface area contributed by atoms with Crippen LogP contribution in [0.1, 0.15) is 5.56 Å². The number of urea groups is 1.